The Morgan fingerprint density at radius 2 is 1.63 bits per heavy atom. The number of halogens is 1. The molecule has 0 saturated carbocycles. The van der Waals surface area contributed by atoms with Crippen LogP contribution in [0.25, 0.3) is 22.0 Å². The summed E-state index contributed by atoms with van der Waals surface area (Å²) in [5, 5.41) is 4.05. The normalized spacial score (nSPS) is 10.7. The van der Waals surface area contributed by atoms with Crippen molar-refractivity contribution in [3.63, 3.8) is 0 Å². The lowest BCUT2D eigenvalue weighted by Crippen LogP contribution is -2.14. The number of primary amides is 1. The van der Waals surface area contributed by atoms with Crippen molar-refractivity contribution in [2.45, 2.75) is 0 Å². The van der Waals surface area contributed by atoms with Gasteiger partial charge in [0, 0.05) is 17.3 Å². The Labute approximate surface area is 155 Å². The number of rotatable bonds is 4. The van der Waals surface area contributed by atoms with Crippen LogP contribution in [0.5, 0.6) is 0 Å². The molecule has 1 amide bonds. The second kappa shape index (κ2) is 6.88. The maximum atomic E-state index is 13.2. The summed E-state index contributed by atoms with van der Waals surface area (Å²) in [4.78, 5) is 16.3. The number of aromatic nitrogens is 1. The molecule has 0 atom stereocenters. The van der Waals surface area contributed by atoms with E-state index >= 15 is 0 Å². The summed E-state index contributed by atoms with van der Waals surface area (Å²) in [6, 6.07) is 21.5. The van der Waals surface area contributed by atoms with E-state index in [1.807, 2.05) is 48.5 Å². The highest BCUT2D eigenvalue weighted by Gasteiger charge is 2.14. The molecule has 27 heavy (non-hydrogen) atoms. The number of fused-ring (bicyclic) bond motifs is 1. The van der Waals surface area contributed by atoms with Crippen molar-refractivity contribution < 1.29 is 9.18 Å². The number of amides is 1. The molecular weight excluding hydrogens is 341 g/mol. The fraction of sp³-hybridized carbons (Fsp3) is 0. The number of pyridine rings is 1. The van der Waals surface area contributed by atoms with Gasteiger partial charge in [-0.2, -0.15) is 0 Å². The average Bonchev–Trinajstić information content (AvgIpc) is 2.69. The molecular formula is C22H16FN3O. The van der Waals surface area contributed by atoms with Gasteiger partial charge in [-0.05, 0) is 41.5 Å². The van der Waals surface area contributed by atoms with E-state index < -0.39 is 5.91 Å². The molecule has 132 valence electrons. The molecule has 4 nitrogen and oxygen atoms in total. The zero-order chi connectivity index (χ0) is 18.8. The van der Waals surface area contributed by atoms with Crippen LogP contribution in [0.3, 0.4) is 0 Å². The van der Waals surface area contributed by atoms with Crippen LogP contribution in [0.4, 0.5) is 15.8 Å². The Kier molecular flexibility index (Phi) is 4.26. The maximum absolute atomic E-state index is 13.2. The van der Waals surface area contributed by atoms with Crippen LogP contribution in [0.15, 0.2) is 79.0 Å². The lowest BCUT2D eigenvalue weighted by molar-refractivity contribution is 0.100. The first kappa shape index (κ1) is 16.7. The van der Waals surface area contributed by atoms with Crippen LogP contribution in [-0.2, 0) is 0 Å². The average molecular weight is 357 g/mol. The molecule has 0 aliphatic carbocycles. The van der Waals surface area contributed by atoms with Gasteiger partial charge < -0.3 is 11.1 Å². The molecule has 0 fully saturated rings. The van der Waals surface area contributed by atoms with Gasteiger partial charge in [-0.3, -0.25) is 9.78 Å². The van der Waals surface area contributed by atoms with Crippen molar-refractivity contribution in [2.75, 3.05) is 5.32 Å². The smallest absolute Gasteiger partial charge is 0.252 e. The van der Waals surface area contributed by atoms with E-state index in [-0.39, 0.29) is 5.82 Å². The molecule has 1 aromatic heterocycles. The zero-order valence-corrected chi connectivity index (χ0v) is 14.3. The molecule has 3 aromatic carbocycles. The Balaban J connectivity index is 1.85. The molecule has 0 bridgehead atoms. The van der Waals surface area contributed by atoms with Gasteiger partial charge in [0.1, 0.15) is 5.82 Å². The summed E-state index contributed by atoms with van der Waals surface area (Å²) in [7, 11) is 0. The third-order valence-corrected chi connectivity index (χ3v) is 4.36. The number of nitrogens with one attached hydrogen (secondary N) is 1. The van der Waals surface area contributed by atoms with Crippen molar-refractivity contribution in [1.29, 1.82) is 0 Å². The van der Waals surface area contributed by atoms with Crippen molar-refractivity contribution in [1.82, 2.24) is 4.98 Å². The van der Waals surface area contributed by atoms with Crippen LogP contribution in [-0.4, -0.2) is 10.9 Å². The number of benzene rings is 3. The minimum absolute atomic E-state index is 0.280. The van der Waals surface area contributed by atoms with Gasteiger partial charge in [-0.15, -0.1) is 0 Å². The SMILES string of the molecule is NC(=O)c1cnc2cc(-c3ccc(F)cc3)ccc2c1Nc1ccccc1. The quantitative estimate of drug-likeness (QED) is 0.547. The summed E-state index contributed by atoms with van der Waals surface area (Å²) in [6.07, 6.45) is 1.48. The molecule has 1 heterocycles. The third kappa shape index (κ3) is 3.35. The first-order chi connectivity index (χ1) is 13.1. The lowest BCUT2D eigenvalue weighted by atomic mass is 10.0. The van der Waals surface area contributed by atoms with Crippen molar-refractivity contribution in [3.8, 4) is 11.1 Å². The lowest BCUT2D eigenvalue weighted by Gasteiger charge is -2.14. The molecule has 0 unspecified atom stereocenters. The van der Waals surface area contributed by atoms with Gasteiger partial charge >= 0.3 is 0 Å². The Bertz CT molecular complexity index is 1130. The van der Waals surface area contributed by atoms with Crippen molar-refractivity contribution in [2.24, 2.45) is 5.73 Å². The van der Waals surface area contributed by atoms with Crippen LogP contribution < -0.4 is 11.1 Å². The fourth-order valence-electron chi connectivity index (χ4n) is 3.00. The van der Waals surface area contributed by atoms with Crippen LogP contribution >= 0.6 is 0 Å². The van der Waals surface area contributed by atoms with E-state index in [0.29, 0.717) is 16.8 Å². The summed E-state index contributed by atoms with van der Waals surface area (Å²) >= 11 is 0. The first-order valence-corrected chi connectivity index (χ1v) is 8.42. The van der Waals surface area contributed by atoms with Crippen molar-refractivity contribution >= 4 is 28.2 Å². The molecule has 0 radical (unpaired) electrons. The number of nitrogens with two attached hydrogens (primary N) is 1. The Morgan fingerprint density at radius 1 is 0.926 bits per heavy atom. The molecule has 0 saturated heterocycles. The van der Waals surface area contributed by atoms with Gasteiger partial charge in [0.25, 0.3) is 5.91 Å². The van der Waals surface area contributed by atoms with Crippen LogP contribution in [0, 0.1) is 5.82 Å². The minimum atomic E-state index is -0.551. The number of carbonyl (C=O) groups is 1. The number of hydrogen-bond acceptors (Lipinski definition) is 3. The number of hydrogen-bond donors (Lipinski definition) is 2. The summed E-state index contributed by atoms with van der Waals surface area (Å²) < 4.78 is 13.2. The second-order valence-corrected chi connectivity index (χ2v) is 6.14. The number of para-hydroxylation sites is 1. The van der Waals surface area contributed by atoms with Crippen LogP contribution in [0.1, 0.15) is 10.4 Å². The highest BCUT2D eigenvalue weighted by Crippen LogP contribution is 2.32. The van der Waals surface area contributed by atoms with E-state index in [2.05, 4.69) is 10.3 Å². The maximum Gasteiger partial charge on any atom is 0.252 e. The predicted molar refractivity (Wildman–Crippen MR) is 105 cm³/mol. The largest absolute Gasteiger partial charge is 0.365 e. The topological polar surface area (TPSA) is 68.0 Å². The van der Waals surface area contributed by atoms with Crippen LogP contribution in [0.2, 0.25) is 0 Å². The number of carbonyl (C=O) groups excluding carboxylic acids is 1. The van der Waals surface area contributed by atoms with Gasteiger partial charge in [-0.1, -0.05) is 42.5 Å². The van der Waals surface area contributed by atoms with Gasteiger partial charge in [0.2, 0.25) is 0 Å². The highest BCUT2D eigenvalue weighted by molar-refractivity contribution is 6.08. The second-order valence-electron chi connectivity index (χ2n) is 6.14. The summed E-state index contributed by atoms with van der Waals surface area (Å²) in [5.41, 5.74) is 9.82. The molecule has 5 heteroatoms. The zero-order valence-electron chi connectivity index (χ0n) is 14.3. The highest BCUT2D eigenvalue weighted by atomic mass is 19.1. The molecule has 0 aliphatic heterocycles. The molecule has 4 aromatic rings. The van der Waals surface area contributed by atoms with Gasteiger partial charge in [-0.25, -0.2) is 4.39 Å². The van der Waals surface area contributed by atoms with E-state index in [1.54, 1.807) is 12.1 Å². The fourth-order valence-corrected chi connectivity index (χ4v) is 3.00. The van der Waals surface area contributed by atoms with E-state index in [4.69, 9.17) is 5.73 Å². The van der Waals surface area contributed by atoms with Gasteiger partial charge in [0.15, 0.2) is 0 Å². The van der Waals surface area contributed by atoms with E-state index in [9.17, 15) is 9.18 Å². The first-order valence-electron chi connectivity index (χ1n) is 8.42. The summed E-state index contributed by atoms with van der Waals surface area (Å²) in [5.74, 6) is -0.830. The molecule has 4 rings (SSSR count). The van der Waals surface area contributed by atoms with E-state index in [0.717, 1.165) is 22.2 Å². The van der Waals surface area contributed by atoms with E-state index in [1.165, 1.54) is 18.3 Å². The van der Waals surface area contributed by atoms with Crippen molar-refractivity contribution in [3.05, 3.63) is 90.4 Å². The number of anilines is 2. The summed E-state index contributed by atoms with van der Waals surface area (Å²) in [6.45, 7) is 0. The Morgan fingerprint density at radius 3 is 2.33 bits per heavy atom. The number of nitrogens with zero attached hydrogens (tertiary/aromatic N) is 1. The third-order valence-electron chi connectivity index (χ3n) is 4.36. The minimum Gasteiger partial charge on any atom is -0.365 e. The molecule has 0 spiro atoms. The molecule has 0 aliphatic rings. The molecule has 3 N–H and O–H groups in total. The monoisotopic (exact) mass is 357 g/mol. The predicted octanol–water partition coefficient (Wildman–Crippen LogP) is 4.88. The standard InChI is InChI=1S/C22H16FN3O/c23-16-9-6-14(7-10-16)15-8-11-18-20(12-15)25-13-19(22(24)27)21(18)26-17-4-2-1-3-5-17/h1-13H,(H2,24,27)(H,25,26). The van der Waals surface area contributed by atoms with Gasteiger partial charge in [0.05, 0.1) is 16.8 Å². The Hall–Kier alpha value is -3.73.